The Morgan fingerprint density at radius 1 is 1.75 bits per heavy atom. The topological polar surface area (TPSA) is 40.5 Å². The van der Waals surface area contributed by atoms with Crippen LogP contribution >= 0.6 is 0 Å². The van der Waals surface area contributed by atoms with Crippen molar-refractivity contribution in [1.82, 2.24) is 4.90 Å². The molecule has 0 aliphatic carbocycles. The van der Waals surface area contributed by atoms with Gasteiger partial charge >= 0.3 is 0 Å². The number of rotatable bonds is 1. The first kappa shape index (κ1) is 9.26. The lowest BCUT2D eigenvalue weighted by atomic mass is 9.97. The lowest BCUT2D eigenvalue weighted by Gasteiger charge is -2.33. The Hall–Kier alpha value is -0.830. The minimum Gasteiger partial charge on any atom is -0.393 e. The minimum absolute atomic E-state index is 0.0336. The first-order valence-corrected chi connectivity index (χ1v) is 4.24. The highest BCUT2D eigenvalue weighted by Crippen LogP contribution is 2.16. The van der Waals surface area contributed by atoms with Crippen LogP contribution in [0.3, 0.4) is 0 Å². The Balaban J connectivity index is 2.50. The van der Waals surface area contributed by atoms with Crippen LogP contribution in [0.1, 0.15) is 13.3 Å². The zero-order chi connectivity index (χ0) is 9.14. The summed E-state index contributed by atoms with van der Waals surface area (Å²) in [6.07, 6.45) is 1.75. The van der Waals surface area contributed by atoms with E-state index in [4.69, 9.17) is 0 Å². The second-order valence-electron chi connectivity index (χ2n) is 3.32. The van der Waals surface area contributed by atoms with Crippen LogP contribution < -0.4 is 0 Å². The summed E-state index contributed by atoms with van der Waals surface area (Å²) in [6.45, 7) is 6.67. The van der Waals surface area contributed by atoms with Gasteiger partial charge in [-0.05, 0) is 18.4 Å². The molecule has 12 heavy (non-hydrogen) atoms. The molecule has 1 rings (SSSR count). The number of aliphatic hydroxyl groups is 1. The molecule has 68 valence electrons. The van der Waals surface area contributed by atoms with Crippen molar-refractivity contribution >= 4 is 5.91 Å². The highest BCUT2D eigenvalue weighted by Gasteiger charge is 2.25. The molecule has 1 amide bonds. The maximum Gasteiger partial charge on any atom is 0.245 e. The molecule has 0 saturated carbocycles. The van der Waals surface area contributed by atoms with Crippen LogP contribution in [0, 0.1) is 5.92 Å². The van der Waals surface area contributed by atoms with E-state index in [9.17, 15) is 9.90 Å². The third-order valence-electron chi connectivity index (χ3n) is 2.35. The monoisotopic (exact) mass is 169 g/mol. The summed E-state index contributed by atoms with van der Waals surface area (Å²) in [5, 5.41) is 9.39. The molecule has 0 aromatic rings. The van der Waals surface area contributed by atoms with Gasteiger partial charge in [-0.1, -0.05) is 13.5 Å². The summed E-state index contributed by atoms with van der Waals surface area (Å²) in [5.74, 6) is 0.149. The van der Waals surface area contributed by atoms with Crippen LogP contribution in [-0.4, -0.2) is 35.1 Å². The predicted octanol–water partition coefficient (Wildman–Crippen LogP) is 0.402. The largest absolute Gasteiger partial charge is 0.393 e. The Morgan fingerprint density at radius 3 is 2.92 bits per heavy atom. The molecule has 3 nitrogen and oxygen atoms in total. The fourth-order valence-electron chi connectivity index (χ4n) is 1.46. The molecule has 1 saturated heterocycles. The predicted molar refractivity (Wildman–Crippen MR) is 46.6 cm³/mol. The van der Waals surface area contributed by atoms with Gasteiger partial charge in [0.2, 0.25) is 5.91 Å². The number of piperidine rings is 1. The number of likely N-dealkylation sites (tertiary alicyclic amines) is 1. The van der Waals surface area contributed by atoms with Gasteiger partial charge in [0.05, 0.1) is 6.10 Å². The van der Waals surface area contributed by atoms with Crippen molar-refractivity contribution in [2.24, 2.45) is 5.92 Å². The highest BCUT2D eigenvalue weighted by molar-refractivity contribution is 5.87. The molecule has 1 N–H and O–H groups in total. The Morgan fingerprint density at radius 2 is 2.42 bits per heavy atom. The third-order valence-corrected chi connectivity index (χ3v) is 2.35. The van der Waals surface area contributed by atoms with E-state index in [0.29, 0.717) is 19.5 Å². The normalized spacial score (nSPS) is 30.0. The first-order valence-electron chi connectivity index (χ1n) is 4.24. The van der Waals surface area contributed by atoms with Crippen LogP contribution in [0.25, 0.3) is 0 Å². The average molecular weight is 169 g/mol. The van der Waals surface area contributed by atoms with Crippen molar-refractivity contribution in [3.05, 3.63) is 12.7 Å². The van der Waals surface area contributed by atoms with Crippen molar-refractivity contribution in [3.63, 3.8) is 0 Å². The first-order chi connectivity index (χ1) is 5.65. The van der Waals surface area contributed by atoms with Crippen molar-refractivity contribution in [1.29, 1.82) is 0 Å². The summed E-state index contributed by atoms with van der Waals surface area (Å²) in [5.41, 5.74) is 0. The van der Waals surface area contributed by atoms with Crippen LogP contribution in [0.15, 0.2) is 12.7 Å². The standard InChI is InChI=1S/C9H15NO2/c1-3-9(12)10-5-4-8(11)7(2)6-10/h3,7-8,11H,1,4-6H2,2H3. The Bertz CT molecular complexity index is 191. The minimum atomic E-state index is -0.251. The van der Waals surface area contributed by atoms with Crippen LogP contribution in [0.2, 0.25) is 0 Å². The van der Waals surface area contributed by atoms with Gasteiger partial charge < -0.3 is 10.0 Å². The molecule has 0 aromatic heterocycles. The van der Waals surface area contributed by atoms with Gasteiger partial charge in [-0.25, -0.2) is 0 Å². The molecule has 3 heteroatoms. The molecule has 2 unspecified atom stereocenters. The summed E-state index contributed by atoms with van der Waals surface area (Å²) in [4.78, 5) is 12.9. The van der Waals surface area contributed by atoms with E-state index in [0.717, 1.165) is 0 Å². The lowest BCUT2D eigenvalue weighted by molar-refractivity contribution is -0.129. The summed E-state index contributed by atoms with van der Waals surface area (Å²) >= 11 is 0. The molecular weight excluding hydrogens is 154 g/mol. The van der Waals surface area contributed by atoms with E-state index in [2.05, 4.69) is 6.58 Å². The number of hydrogen-bond acceptors (Lipinski definition) is 2. The van der Waals surface area contributed by atoms with E-state index in [1.54, 1.807) is 4.90 Å². The van der Waals surface area contributed by atoms with Gasteiger partial charge in [-0.3, -0.25) is 4.79 Å². The maximum absolute atomic E-state index is 11.1. The molecule has 1 heterocycles. The molecule has 0 bridgehead atoms. The molecule has 1 fully saturated rings. The quantitative estimate of drug-likeness (QED) is 0.577. The summed E-state index contributed by atoms with van der Waals surface area (Å²) < 4.78 is 0. The SMILES string of the molecule is C=CC(=O)N1CCC(O)C(C)C1. The molecule has 1 aliphatic heterocycles. The number of carbonyl (C=O) groups is 1. The van der Waals surface area contributed by atoms with Gasteiger partial charge in [0.25, 0.3) is 0 Å². The number of hydrogen-bond donors (Lipinski definition) is 1. The second kappa shape index (κ2) is 3.72. The van der Waals surface area contributed by atoms with Gasteiger partial charge in [0, 0.05) is 13.1 Å². The van der Waals surface area contributed by atoms with Crippen LogP contribution in [-0.2, 0) is 4.79 Å². The van der Waals surface area contributed by atoms with Crippen LogP contribution in [0.5, 0.6) is 0 Å². The van der Waals surface area contributed by atoms with Crippen molar-refractivity contribution in [2.75, 3.05) is 13.1 Å². The van der Waals surface area contributed by atoms with Crippen molar-refractivity contribution in [3.8, 4) is 0 Å². The summed E-state index contributed by atoms with van der Waals surface area (Å²) in [7, 11) is 0. The van der Waals surface area contributed by atoms with E-state index in [-0.39, 0.29) is 17.9 Å². The highest BCUT2D eigenvalue weighted by atomic mass is 16.3. The zero-order valence-corrected chi connectivity index (χ0v) is 7.36. The molecule has 2 atom stereocenters. The van der Waals surface area contributed by atoms with E-state index in [1.165, 1.54) is 6.08 Å². The van der Waals surface area contributed by atoms with Gasteiger partial charge in [0.1, 0.15) is 0 Å². The molecule has 0 aromatic carbocycles. The molecular formula is C9H15NO2. The van der Waals surface area contributed by atoms with Crippen molar-refractivity contribution < 1.29 is 9.90 Å². The third kappa shape index (κ3) is 1.85. The van der Waals surface area contributed by atoms with E-state index in [1.807, 2.05) is 6.92 Å². The molecule has 0 spiro atoms. The number of nitrogens with zero attached hydrogens (tertiary/aromatic N) is 1. The number of carbonyl (C=O) groups excluding carboxylic acids is 1. The average Bonchev–Trinajstić information content (AvgIpc) is 2.08. The van der Waals surface area contributed by atoms with Crippen molar-refractivity contribution in [2.45, 2.75) is 19.4 Å². The van der Waals surface area contributed by atoms with Crippen LogP contribution in [0.4, 0.5) is 0 Å². The zero-order valence-electron chi connectivity index (χ0n) is 7.36. The smallest absolute Gasteiger partial charge is 0.245 e. The Labute approximate surface area is 72.7 Å². The number of aliphatic hydroxyl groups excluding tert-OH is 1. The fourth-order valence-corrected chi connectivity index (χ4v) is 1.46. The van der Waals surface area contributed by atoms with Gasteiger partial charge in [0.15, 0.2) is 0 Å². The van der Waals surface area contributed by atoms with Gasteiger partial charge in [-0.15, -0.1) is 0 Å². The lowest BCUT2D eigenvalue weighted by Crippen LogP contribution is -2.44. The maximum atomic E-state index is 11.1. The fraction of sp³-hybridized carbons (Fsp3) is 0.667. The summed E-state index contributed by atoms with van der Waals surface area (Å²) in [6, 6.07) is 0. The molecule has 1 aliphatic rings. The number of amides is 1. The van der Waals surface area contributed by atoms with E-state index >= 15 is 0 Å². The second-order valence-corrected chi connectivity index (χ2v) is 3.32. The van der Waals surface area contributed by atoms with E-state index < -0.39 is 0 Å². The Kier molecular flexibility index (Phi) is 2.87. The molecule has 0 radical (unpaired) electrons. The van der Waals surface area contributed by atoms with Gasteiger partial charge in [-0.2, -0.15) is 0 Å².